The fraction of sp³-hybridized carbons (Fsp3) is 0.286. The highest BCUT2D eigenvalue weighted by atomic mass is 32.2. The van der Waals surface area contributed by atoms with Crippen molar-refractivity contribution in [1.29, 1.82) is 0 Å². The number of ether oxygens (including phenoxy) is 1. The molecule has 0 saturated carbocycles. The predicted molar refractivity (Wildman–Crippen MR) is 111 cm³/mol. The van der Waals surface area contributed by atoms with Crippen LogP contribution in [-0.4, -0.2) is 40.5 Å². The highest BCUT2D eigenvalue weighted by Crippen LogP contribution is 2.28. The maximum Gasteiger partial charge on any atom is 0.339 e. The number of carbonyl (C=O) groups is 1. The third-order valence-corrected chi connectivity index (χ3v) is 5.46. The van der Waals surface area contributed by atoms with Crippen molar-refractivity contribution in [2.45, 2.75) is 37.8 Å². The lowest BCUT2D eigenvalue weighted by Gasteiger charge is -2.22. The van der Waals surface area contributed by atoms with Gasteiger partial charge >= 0.3 is 5.97 Å². The molecule has 0 aliphatic carbocycles. The smallest absolute Gasteiger partial charge is 0.339 e. The zero-order valence-corrected chi connectivity index (χ0v) is 18.0. The predicted octanol–water partition coefficient (Wildman–Crippen LogP) is 3.38. The Hall–Kier alpha value is -3.20. The van der Waals surface area contributed by atoms with Crippen LogP contribution in [0.3, 0.4) is 0 Å². The lowest BCUT2D eigenvalue weighted by atomic mass is 10.1. The van der Waals surface area contributed by atoms with Gasteiger partial charge in [0.25, 0.3) is 0 Å². The van der Waals surface area contributed by atoms with Gasteiger partial charge in [-0.05, 0) is 50.6 Å². The van der Waals surface area contributed by atoms with Gasteiger partial charge in [-0.2, -0.15) is 5.10 Å². The van der Waals surface area contributed by atoms with Crippen molar-refractivity contribution in [2.75, 3.05) is 6.26 Å². The summed E-state index contributed by atoms with van der Waals surface area (Å²) in [5, 5.41) is 13.7. The molecule has 2 aromatic heterocycles. The van der Waals surface area contributed by atoms with E-state index in [9.17, 15) is 18.3 Å². The molecule has 0 spiro atoms. The molecule has 3 aromatic rings. The summed E-state index contributed by atoms with van der Waals surface area (Å²) in [4.78, 5) is 16.2. The first-order valence-corrected chi connectivity index (χ1v) is 11.1. The molecule has 0 aliphatic heterocycles. The third-order valence-electron chi connectivity index (χ3n) is 4.35. The van der Waals surface area contributed by atoms with Crippen molar-refractivity contribution in [3.63, 3.8) is 0 Å². The van der Waals surface area contributed by atoms with Gasteiger partial charge in [-0.15, -0.1) is 0 Å². The molecular weight excluding hydrogens is 406 g/mol. The van der Waals surface area contributed by atoms with Gasteiger partial charge in [0.05, 0.1) is 28.5 Å². The van der Waals surface area contributed by atoms with Gasteiger partial charge in [-0.3, -0.25) is 9.67 Å². The third kappa shape index (κ3) is 4.68. The van der Waals surface area contributed by atoms with Crippen molar-refractivity contribution in [1.82, 2.24) is 14.8 Å². The molecule has 1 N–H and O–H groups in total. The molecule has 158 valence electrons. The molecule has 3 rings (SSSR count). The van der Waals surface area contributed by atoms with E-state index in [2.05, 4.69) is 10.1 Å². The number of nitrogens with zero attached hydrogens (tertiary/aromatic N) is 3. The first kappa shape index (κ1) is 21.5. The van der Waals surface area contributed by atoms with Crippen molar-refractivity contribution in [3.8, 4) is 17.1 Å². The number of pyridine rings is 1. The molecule has 2 heterocycles. The van der Waals surface area contributed by atoms with Crippen LogP contribution in [0, 0.1) is 0 Å². The van der Waals surface area contributed by atoms with Gasteiger partial charge in [0.2, 0.25) is 0 Å². The number of hydrogen-bond donors (Lipinski definition) is 1. The molecule has 8 nitrogen and oxygen atoms in total. The highest BCUT2D eigenvalue weighted by molar-refractivity contribution is 7.90. The average molecular weight is 429 g/mol. The normalized spacial score (nSPS) is 12.0. The summed E-state index contributed by atoms with van der Waals surface area (Å²) in [6, 6.07) is 9.91. The second-order valence-electron chi connectivity index (χ2n) is 7.88. The van der Waals surface area contributed by atoms with Gasteiger partial charge in [-0.1, -0.05) is 12.1 Å². The molecule has 0 aliphatic rings. The molecule has 0 unspecified atom stereocenters. The van der Waals surface area contributed by atoms with E-state index in [1.54, 1.807) is 35.0 Å². The Morgan fingerprint density at radius 2 is 1.90 bits per heavy atom. The summed E-state index contributed by atoms with van der Waals surface area (Å²) < 4.78 is 30.7. The Bertz CT molecular complexity index is 1180. The minimum absolute atomic E-state index is 0.0729. The largest absolute Gasteiger partial charge is 0.487 e. The van der Waals surface area contributed by atoms with Gasteiger partial charge in [-0.25, -0.2) is 13.2 Å². The van der Waals surface area contributed by atoms with Crippen LogP contribution in [0.4, 0.5) is 0 Å². The molecule has 1 aromatic carbocycles. The summed E-state index contributed by atoms with van der Waals surface area (Å²) in [6.45, 7) is 5.95. The molecule has 0 amide bonds. The molecule has 0 radical (unpaired) electrons. The number of carboxylic acid groups (broad SMARTS) is 1. The highest BCUT2D eigenvalue weighted by Gasteiger charge is 2.25. The topological polar surface area (TPSA) is 111 Å². The summed E-state index contributed by atoms with van der Waals surface area (Å²) in [7, 11) is -3.29. The minimum Gasteiger partial charge on any atom is -0.487 e. The minimum atomic E-state index is -3.29. The van der Waals surface area contributed by atoms with Crippen molar-refractivity contribution >= 4 is 15.8 Å². The Morgan fingerprint density at radius 3 is 2.47 bits per heavy atom. The zero-order valence-electron chi connectivity index (χ0n) is 17.2. The van der Waals surface area contributed by atoms with E-state index in [1.807, 2.05) is 20.8 Å². The number of aromatic nitrogens is 3. The SMILES string of the molecule is CC(C)(C)n1ncc(C(=O)O)c1-c1ccc(OCc2cccc(S(C)(=O)=O)c2)cn1. The maximum atomic E-state index is 11.7. The van der Waals surface area contributed by atoms with E-state index in [4.69, 9.17) is 4.74 Å². The Morgan fingerprint density at radius 1 is 1.17 bits per heavy atom. The second kappa shape index (κ2) is 7.91. The number of carboxylic acids is 1. The maximum absolute atomic E-state index is 11.7. The summed E-state index contributed by atoms with van der Waals surface area (Å²) in [5.41, 5.74) is 1.24. The molecule has 0 atom stereocenters. The summed E-state index contributed by atoms with van der Waals surface area (Å²) in [5.74, 6) is -0.601. The van der Waals surface area contributed by atoms with E-state index < -0.39 is 21.3 Å². The van der Waals surface area contributed by atoms with Gasteiger partial charge in [0.1, 0.15) is 23.6 Å². The molecule has 0 fully saturated rings. The number of aromatic carboxylic acids is 1. The number of benzene rings is 1. The van der Waals surface area contributed by atoms with Crippen molar-refractivity contribution in [2.24, 2.45) is 0 Å². The van der Waals surface area contributed by atoms with E-state index in [1.165, 1.54) is 18.5 Å². The quantitative estimate of drug-likeness (QED) is 0.639. The van der Waals surface area contributed by atoms with Crippen LogP contribution >= 0.6 is 0 Å². The van der Waals surface area contributed by atoms with E-state index in [0.717, 1.165) is 6.26 Å². The van der Waals surface area contributed by atoms with Crippen LogP contribution in [0.1, 0.15) is 36.7 Å². The molecule has 9 heteroatoms. The average Bonchev–Trinajstić information content (AvgIpc) is 3.12. The Balaban J connectivity index is 1.83. The van der Waals surface area contributed by atoms with Crippen LogP contribution < -0.4 is 4.74 Å². The van der Waals surface area contributed by atoms with Crippen LogP contribution in [-0.2, 0) is 22.0 Å². The summed E-state index contributed by atoms with van der Waals surface area (Å²) >= 11 is 0. The lowest BCUT2D eigenvalue weighted by Crippen LogP contribution is -2.24. The standard InChI is InChI=1S/C21H23N3O5S/c1-21(2,3)24-19(17(12-23-24)20(25)26)18-9-8-15(11-22-18)29-13-14-6-5-7-16(10-14)30(4,27)28/h5-12H,13H2,1-4H3,(H,25,26). The second-order valence-corrected chi connectivity index (χ2v) is 9.90. The van der Waals surface area contributed by atoms with E-state index >= 15 is 0 Å². The fourth-order valence-corrected chi connectivity index (χ4v) is 3.59. The molecule has 0 saturated heterocycles. The van der Waals surface area contributed by atoms with Gasteiger partial charge < -0.3 is 9.84 Å². The van der Waals surface area contributed by atoms with Crippen molar-refractivity contribution in [3.05, 3.63) is 59.9 Å². The number of sulfone groups is 1. The number of rotatable bonds is 6. The Labute approximate surface area is 175 Å². The van der Waals surface area contributed by atoms with Gasteiger partial charge in [0.15, 0.2) is 9.84 Å². The van der Waals surface area contributed by atoms with E-state index in [0.29, 0.717) is 22.7 Å². The van der Waals surface area contributed by atoms with Crippen LogP contribution in [0.5, 0.6) is 5.75 Å². The van der Waals surface area contributed by atoms with Gasteiger partial charge in [0, 0.05) is 6.26 Å². The molecular formula is C21H23N3O5S. The van der Waals surface area contributed by atoms with Crippen LogP contribution in [0.2, 0.25) is 0 Å². The zero-order chi connectivity index (χ0) is 22.1. The summed E-state index contributed by atoms with van der Waals surface area (Å²) in [6.07, 6.45) is 3.98. The number of hydrogen-bond acceptors (Lipinski definition) is 6. The van der Waals surface area contributed by atoms with Crippen molar-refractivity contribution < 1.29 is 23.1 Å². The first-order valence-electron chi connectivity index (χ1n) is 9.17. The first-order chi connectivity index (χ1) is 14.0. The lowest BCUT2D eigenvalue weighted by molar-refractivity contribution is 0.0697. The van der Waals surface area contributed by atoms with Crippen LogP contribution in [0.25, 0.3) is 11.4 Å². The molecule has 30 heavy (non-hydrogen) atoms. The van der Waals surface area contributed by atoms with Crippen LogP contribution in [0.15, 0.2) is 53.7 Å². The molecule has 0 bridgehead atoms. The monoisotopic (exact) mass is 429 g/mol. The Kier molecular flexibility index (Phi) is 5.67. The fourth-order valence-electron chi connectivity index (χ4n) is 2.90. The van der Waals surface area contributed by atoms with E-state index in [-0.39, 0.29) is 17.1 Å².